The number of aromatic nitrogens is 2. The second-order valence-electron chi connectivity index (χ2n) is 6.14. The Bertz CT molecular complexity index is 858. The Hall–Kier alpha value is -3.15. The van der Waals surface area contributed by atoms with Crippen LogP contribution in [0, 0.1) is 6.92 Å². The van der Waals surface area contributed by atoms with E-state index in [1.807, 2.05) is 56.3 Å². The highest BCUT2D eigenvalue weighted by Crippen LogP contribution is 2.21. The number of carbonyl (C=O) groups is 1. The molecule has 0 aliphatic heterocycles. The third-order valence-electron chi connectivity index (χ3n) is 3.82. The van der Waals surface area contributed by atoms with Gasteiger partial charge < -0.3 is 14.2 Å². The lowest BCUT2D eigenvalue weighted by molar-refractivity contribution is -0.120. The van der Waals surface area contributed by atoms with Crippen molar-refractivity contribution < 1.29 is 14.1 Å². The van der Waals surface area contributed by atoms with Gasteiger partial charge >= 0.3 is 0 Å². The average molecular weight is 351 g/mol. The fourth-order valence-electron chi connectivity index (χ4n) is 2.65. The van der Waals surface area contributed by atoms with Gasteiger partial charge in [-0.2, -0.15) is 4.98 Å². The molecule has 2 aromatic carbocycles. The highest BCUT2D eigenvalue weighted by Gasteiger charge is 2.19. The Morgan fingerprint density at radius 1 is 1.12 bits per heavy atom. The maximum atomic E-state index is 12.6. The summed E-state index contributed by atoms with van der Waals surface area (Å²) in [4.78, 5) is 18.5. The van der Waals surface area contributed by atoms with Crippen molar-refractivity contribution in [2.24, 2.45) is 0 Å². The number of hydrogen-bond donors (Lipinski definition) is 0. The summed E-state index contributed by atoms with van der Waals surface area (Å²) in [5.74, 6) is 1.56. The molecule has 0 fully saturated rings. The van der Waals surface area contributed by atoms with E-state index in [4.69, 9.17) is 9.26 Å². The summed E-state index contributed by atoms with van der Waals surface area (Å²) in [6.07, 6.45) is 0. The highest BCUT2D eigenvalue weighted by atomic mass is 16.5. The van der Waals surface area contributed by atoms with Gasteiger partial charge in [-0.15, -0.1) is 0 Å². The number of nitrogens with zero attached hydrogens (tertiary/aromatic N) is 3. The van der Waals surface area contributed by atoms with Crippen LogP contribution in [0.2, 0.25) is 0 Å². The van der Waals surface area contributed by atoms with Crippen LogP contribution >= 0.6 is 0 Å². The van der Waals surface area contributed by atoms with Crippen LogP contribution in [0.3, 0.4) is 0 Å². The fraction of sp³-hybridized carbons (Fsp3) is 0.250. The molecule has 3 rings (SSSR count). The smallest absolute Gasteiger partial charge is 0.265 e. The summed E-state index contributed by atoms with van der Waals surface area (Å²) >= 11 is 0. The normalized spacial score (nSPS) is 10.8. The van der Waals surface area contributed by atoms with E-state index in [1.54, 1.807) is 24.0 Å². The van der Waals surface area contributed by atoms with Crippen molar-refractivity contribution in [3.63, 3.8) is 0 Å². The highest BCUT2D eigenvalue weighted by molar-refractivity contribution is 5.94. The number of benzene rings is 2. The fourth-order valence-corrected chi connectivity index (χ4v) is 2.65. The maximum absolute atomic E-state index is 12.6. The summed E-state index contributed by atoms with van der Waals surface area (Å²) in [6, 6.07) is 16.9. The van der Waals surface area contributed by atoms with E-state index in [2.05, 4.69) is 10.1 Å². The first-order valence-electron chi connectivity index (χ1n) is 8.45. The minimum atomic E-state index is -0.0935. The van der Waals surface area contributed by atoms with Crippen LogP contribution in [0.4, 0.5) is 5.69 Å². The molecule has 0 saturated carbocycles. The zero-order valence-electron chi connectivity index (χ0n) is 15.0. The topological polar surface area (TPSA) is 68.5 Å². The van der Waals surface area contributed by atoms with Crippen molar-refractivity contribution in [1.82, 2.24) is 10.1 Å². The van der Waals surface area contributed by atoms with E-state index in [0.29, 0.717) is 17.5 Å². The van der Waals surface area contributed by atoms with E-state index < -0.39 is 0 Å². The predicted octanol–water partition coefficient (Wildman–Crippen LogP) is 3.87. The summed E-state index contributed by atoms with van der Waals surface area (Å²) in [6.45, 7) is 5.67. The van der Waals surface area contributed by atoms with Gasteiger partial charge in [-0.25, -0.2) is 0 Å². The number of rotatable bonds is 6. The van der Waals surface area contributed by atoms with E-state index in [1.165, 1.54) is 0 Å². The van der Waals surface area contributed by atoms with E-state index in [0.717, 1.165) is 11.3 Å². The van der Waals surface area contributed by atoms with Crippen LogP contribution in [0.25, 0.3) is 11.4 Å². The van der Waals surface area contributed by atoms with Gasteiger partial charge in [0.25, 0.3) is 5.91 Å². The van der Waals surface area contributed by atoms with Crippen molar-refractivity contribution in [2.75, 3.05) is 11.5 Å². The summed E-state index contributed by atoms with van der Waals surface area (Å²) < 4.78 is 10.6. The van der Waals surface area contributed by atoms with Crippen LogP contribution in [0.5, 0.6) is 5.75 Å². The Morgan fingerprint density at radius 2 is 1.81 bits per heavy atom. The lowest BCUT2D eigenvalue weighted by Gasteiger charge is -2.26. The van der Waals surface area contributed by atoms with Crippen molar-refractivity contribution in [3.05, 3.63) is 60.5 Å². The number of hydrogen-bond acceptors (Lipinski definition) is 5. The standard InChI is InChI=1S/C20H21N3O3/c1-14(2)23(17-7-5-4-6-8-17)19(24)13-25-18-11-9-16(10-12-18)20-21-15(3)26-22-20/h4-12,14H,13H2,1-3H3. The molecule has 1 aromatic heterocycles. The maximum Gasteiger partial charge on any atom is 0.265 e. The van der Waals surface area contributed by atoms with Gasteiger partial charge in [-0.05, 0) is 50.2 Å². The number of para-hydroxylation sites is 1. The molecule has 26 heavy (non-hydrogen) atoms. The molecule has 1 heterocycles. The van der Waals surface area contributed by atoms with Crippen LogP contribution in [0.15, 0.2) is 59.1 Å². The zero-order chi connectivity index (χ0) is 18.5. The molecule has 6 heteroatoms. The second-order valence-corrected chi connectivity index (χ2v) is 6.14. The molecular weight excluding hydrogens is 330 g/mol. The molecule has 0 saturated heterocycles. The first-order valence-corrected chi connectivity index (χ1v) is 8.45. The van der Waals surface area contributed by atoms with Crippen LogP contribution in [0.1, 0.15) is 19.7 Å². The van der Waals surface area contributed by atoms with Gasteiger partial charge in [0.15, 0.2) is 6.61 Å². The molecular formula is C20H21N3O3. The first-order chi connectivity index (χ1) is 12.5. The van der Waals surface area contributed by atoms with Crippen LogP contribution in [-0.2, 0) is 4.79 Å². The zero-order valence-corrected chi connectivity index (χ0v) is 15.0. The number of ether oxygens (including phenoxy) is 1. The molecule has 0 bridgehead atoms. The first kappa shape index (κ1) is 17.7. The van der Waals surface area contributed by atoms with Gasteiger partial charge in [0.2, 0.25) is 11.7 Å². The SMILES string of the molecule is Cc1nc(-c2ccc(OCC(=O)N(c3ccccc3)C(C)C)cc2)no1. The van der Waals surface area contributed by atoms with Crippen molar-refractivity contribution in [2.45, 2.75) is 26.8 Å². The van der Waals surface area contributed by atoms with Gasteiger partial charge in [0.05, 0.1) is 0 Å². The average Bonchev–Trinajstić information content (AvgIpc) is 3.07. The molecule has 6 nitrogen and oxygen atoms in total. The van der Waals surface area contributed by atoms with Gasteiger partial charge in [-0.1, -0.05) is 23.4 Å². The van der Waals surface area contributed by atoms with Crippen LogP contribution < -0.4 is 9.64 Å². The molecule has 134 valence electrons. The molecule has 0 aliphatic carbocycles. The molecule has 0 atom stereocenters. The Kier molecular flexibility index (Phi) is 5.31. The number of aryl methyl sites for hydroxylation is 1. The summed E-state index contributed by atoms with van der Waals surface area (Å²) in [5, 5.41) is 3.88. The molecule has 1 amide bonds. The molecule has 3 aromatic rings. The lowest BCUT2D eigenvalue weighted by atomic mass is 10.2. The van der Waals surface area contributed by atoms with Gasteiger partial charge in [0, 0.05) is 24.2 Å². The molecule has 0 unspecified atom stereocenters. The molecule has 0 spiro atoms. The van der Waals surface area contributed by atoms with Crippen molar-refractivity contribution in [1.29, 1.82) is 0 Å². The third-order valence-corrected chi connectivity index (χ3v) is 3.82. The third kappa shape index (κ3) is 4.08. The van der Waals surface area contributed by atoms with Crippen LogP contribution in [-0.4, -0.2) is 28.7 Å². The van der Waals surface area contributed by atoms with E-state index in [-0.39, 0.29) is 18.6 Å². The second kappa shape index (κ2) is 7.82. The largest absolute Gasteiger partial charge is 0.484 e. The Labute approximate surface area is 152 Å². The number of carbonyl (C=O) groups excluding carboxylic acids is 1. The molecule has 0 aliphatic rings. The summed E-state index contributed by atoms with van der Waals surface area (Å²) in [5.41, 5.74) is 1.69. The quantitative estimate of drug-likeness (QED) is 0.674. The van der Waals surface area contributed by atoms with Gasteiger partial charge in [0.1, 0.15) is 5.75 Å². The van der Waals surface area contributed by atoms with Gasteiger partial charge in [-0.3, -0.25) is 4.79 Å². The molecule has 0 N–H and O–H groups in total. The molecule has 0 radical (unpaired) electrons. The monoisotopic (exact) mass is 351 g/mol. The Morgan fingerprint density at radius 3 is 2.38 bits per heavy atom. The lowest BCUT2D eigenvalue weighted by Crippen LogP contribution is -2.40. The minimum absolute atomic E-state index is 0.0340. The predicted molar refractivity (Wildman–Crippen MR) is 99.0 cm³/mol. The van der Waals surface area contributed by atoms with E-state index >= 15 is 0 Å². The van der Waals surface area contributed by atoms with Crippen molar-refractivity contribution in [3.8, 4) is 17.1 Å². The van der Waals surface area contributed by atoms with Crippen molar-refractivity contribution >= 4 is 11.6 Å². The minimum Gasteiger partial charge on any atom is -0.484 e. The number of anilines is 1. The number of amides is 1. The van der Waals surface area contributed by atoms with E-state index in [9.17, 15) is 4.79 Å². The summed E-state index contributed by atoms with van der Waals surface area (Å²) in [7, 11) is 0. The Balaban J connectivity index is 1.65.